The molecule has 0 spiro atoms. The van der Waals surface area contributed by atoms with Crippen LogP contribution in [0.5, 0.6) is 5.75 Å². The third-order valence-electron chi connectivity index (χ3n) is 5.70. The summed E-state index contributed by atoms with van der Waals surface area (Å²) in [5.41, 5.74) is 1.73. The Morgan fingerprint density at radius 1 is 1.24 bits per heavy atom. The number of rotatable bonds is 5. The van der Waals surface area contributed by atoms with Crippen LogP contribution in [0.25, 0.3) is 0 Å². The topological polar surface area (TPSA) is 75.6 Å². The molecule has 3 unspecified atom stereocenters. The van der Waals surface area contributed by atoms with E-state index in [1.807, 2.05) is 26.0 Å². The van der Waals surface area contributed by atoms with Gasteiger partial charge in [0.15, 0.2) is 0 Å². The highest BCUT2D eigenvalue weighted by atomic mass is 16.5. The predicted octanol–water partition coefficient (Wildman–Crippen LogP) is 3.25. The zero-order valence-corrected chi connectivity index (χ0v) is 15.8. The van der Waals surface area contributed by atoms with Gasteiger partial charge in [-0.15, -0.1) is 0 Å². The number of carboxylic acid groups (broad SMARTS) is 1. The van der Waals surface area contributed by atoms with Gasteiger partial charge in [0.25, 0.3) is 0 Å². The smallest absolute Gasteiger partial charge is 0.329 e. The van der Waals surface area contributed by atoms with Crippen molar-refractivity contribution in [3.63, 3.8) is 0 Å². The van der Waals surface area contributed by atoms with Crippen molar-refractivity contribution in [1.82, 2.24) is 5.32 Å². The van der Waals surface area contributed by atoms with E-state index >= 15 is 0 Å². The number of carbonyl (C=O) groups excluding carboxylic acids is 1. The van der Waals surface area contributed by atoms with Crippen LogP contribution in [0.15, 0.2) is 12.1 Å². The Kier molecular flexibility index (Phi) is 5.76. The molecule has 1 fully saturated rings. The first-order valence-electron chi connectivity index (χ1n) is 8.87. The summed E-state index contributed by atoms with van der Waals surface area (Å²) in [6.45, 7) is 8.08. The van der Waals surface area contributed by atoms with Crippen molar-refractivity contribution in [3.05, 3.63) is 28.8 Å². The summed E-state index contributed by atoms with van der Waals surface area (Å²) in [4.78, 5) is 24.5. The minimum atomic E-state index is -1.14. The Hall–Kier alpha value is -2.04. The van der Waals surface area contributed by atoms with Gasteiger partial charge in [0, 0.05) is 0 Å². The molecule has 138 valence electrons. The maximum atomic E-state index is 12.6. The normalized spacial score (nSPS) is 26.1. The van der Waals surface area contributed by atoms with Gasteiger partial charge in [0.1, 0.15) is 11.3 Å². The minimum absolute atomic E-state index is 0.181. The average molecular weight is 347 g/mol. The number of nitrogens with one attached hydrogen (secondary N) is 1. The average Bonchev–Trinajstić information content (AvgIpc) is 2.54. The number of carbonyl (C=O) groups is 2. The fourth-order valence-electron chi connectivity index (χ4n) is 3.79. The maximum absolute atomic E-state index is 12.6. The second-order valence-corrected chi connectivity index (χ2v) is 7.55. The summed E-state index contributed by atoms with van der Waals surface area (Å²) in [6, 6.07) is 3.79. The summed E-state index contributed by atoms with van der Waals surface area (Å²) in [5.74, 6) is 0.351. The van der Waals surface area contributed by atoms with E-state index in [4.69, 9.17) is 4.74 Å². The van der Waals surface area contributed by atoms with Crippen molar-refractivity contribution >= 4 is 11.9 Å². The molecule has 1 amide bonds. The lowest BCUT2D eigenvalue weighted by Gasteiger charge is -2.40. The van der Waals surface area contributed by atoms with Crippen LogP contribution in [0.3, 0.4) is 0 Å². The first-order chi connectivity index (χ1) is 11.7. The van der Waals surface area contributed by atoms with Gasteiger partial charge in [-0.1, -0.05) is 13.8 Å². The first-order valence-corrected chi connectivity index (χ1v) is 8.87. The number of amides is 1. The van der Waals surface area contributed by atoms with Gasteiger partial charge in [-0.25, -0.2) is 4.79 Å². The minimum Gasteiger partial charge on any atom is -0.497 e. The van der Waals surface area contributed by atoms with Gasteiger partial charge < -0.3 is 15.2 Å². The molecule has 0 radical (unpaired) electrons. The standard InChI is InChI=1S/C20H29NO4/c1-12-6-7-20(19(23)24,11-15(12)4)21-18(22)10-17-13(2)8-16(25-5)9-14(17)3/h8-9,12,15H,6-7,10-11H2,1-5H3,(H,21,22)(H,23,24). The van der Waals surface area contributed by atoms with Crippen molar-refractivity contribution in [2.24, 2.45) is 11.8 Å². The van der Waals surface area contributed by atoms with Crippen molar-refractivity contribution in [2.45, 2.75) is 58.9 Å². The van der Waals surface area contributed by atoms with E-state index in [0.717, 1.165) is 28.9 Å². The molecule has 0 heterocycles. The third-order valence-corrected chi connectivity index (χ3v) is 5.70. The number of hydrogen-bond acceptors (Lipinski definition) is 3. The molecule has 0 saturated heterocycles. The summed E-state index contributed by atoms with van der Waals surface area (Å²) in [5, 5.41) is 12.6. The molecular formula is C20H29NO4. The molecule has 0 bridgehead atoms. The molecule has 3 atom stereocenters. The van der Waals surface area contributed by atoms with Crippen LogP contribution in [0.2, 0.25) is 0 Å². The van der Waals surface area contributed by atoms with Gasteiger partial charge >= 0.3 is 5.97 Å². The van der Waals surface area contributed by atoms with Crippen LogP contribution in [0.1, 0.15) is 49.8 Å². The second kappa shape index (κ2) is 7.46. The first kappa shape index (κ1) is 19.3. The van der Waals surface area contributed by atoms with Crippen LogP contribution in [0.4, 0.5) is 0 Å². The van der Waals surface area contributed by atoms with Crippen molar-refractivity contribution < 1.29 is 19.4 Å². The Morgan fingerprint density at radius 3 is 2.32 bits per heavy atom. The summed E-state index contributed by atoms with van der Waals surface area (Å²) >= 11 is 0. The lowest BCUT2D eigenvalue weighted by Crippen LogP contribution is -2.58. The number of ether oxygens (including phenoxy) is 1. The SMILES string of the molecule is COc1cc(C)c(CC(=O)NC2(C(=O)O)CCC(C)C(C)C2)c(C)c1. The lowest BCUT2D eigenvalue weighted by atomic mass is 9.71. The predicted molar refractivity (Wildman–Crippen MR) is 96.9 cm³/mol. The van der Waals surface area contributed by atoms with E-state index in [9.17, 15) is 14.7 Å². The molecule has 2 N–H and O–H groups in total. The molecule has 25 heavy (non-hydrogen) atoms. The Morgan fingerprint density at radius 2 is 1.84 bits per heavy atom. The number of carboxylic acids is 1. The van der Waals surface area contributed by atoms with Gasteiger partial charge in [0.2, 0.25) is 5.91 Å². The quantitative estimate of drug-likeness (QED) is 0.857. The Balaban J connectivity index is 2.17. The van der Waals surface area contributed by atoms with Crippen LogP contribution in [0, 0.1) is 25.7 Å². The van der Waals surface area contributed by atoms with Gasteiger partial charge in [-0.05, 0) is 73.8 Å². The van der Waals surface area contributed by atoms with Crippen molar-refractivity contribution in [3.8, 4) is 5.75 Å². The zero-order valence-electron chi connectivity index (χ0n) is 15.8. The van der Waals surface area contributed by atoms with Gasteiger partial charge in [-0.3, -0.25) is 4.79 Å². The highest BCUT2D eigenvalue weighted by Gasteiger charge is 2.45. The van der Waals surface area contributed by atoms with Crippen LogP contribution in [-0.4, -0.2) is 29.6 Å². The van der Waals surface area contributed by atoms with E-state index in [2.05, 4.69) is 19.2 Å². The lowest BCUT2D eigenvalue weighted by molar-refractivity contribution is -0.150. The van der Waals surface area contributed by atoms with Crippen LogP contribution >= 0.6 is 0 Å². The molecular weight excluding hydrogens is 318 g/mol. The van der Waals surface area contributed by atoms with E-state index in [1.165, 1.54) is 0 Å². The third kappa shape index (κ3) is 4.14. The number of methoxy groups -OCH3 is 1. The molecule has 0 aliphatic heterocycles. The van der Waals surface area contributed by atoms with E-state index < -0.39 is 11.5 Å². The number of aryl methyl sites for hydroxylation is 2. The number of hydrogen-bond donors (Lipinski definition) is 2. The monoisotopic (exact) mass is 347 g/mol. The van der Waals surface area contributed by atoms with Gasteiger partial charge in [-0.2, -0.15) is 0 Å². The maximum Gasteiger partial charge on any atom is 0.329 e. The van der Waals surface area contributed by atoms with Crippen LogP contribution < -0.4 is 10.1 Å². The molecule has 1 aliphatic rings. The summed E-state index contributed by atoms with van der Waals surface area (Å²) < 4.78 is 5.25. The fourth-order valence-corrected chi connectivity index (χ4v) is 3.79. The largest absolute Gasteiger partial charge is 0.497 e. The molecule has 1 aromatic carbocycles. The van der Waals surface area contributed by atoms with Gasteiger partial charge in [0.05, 0.1) is 13.5 Å². The van der Waals surface area contributed by atoms with Crippen molar-refractivity contribution in [1.29, 1.82) is 0 Å². The van der Waals surface area contributed by atoms with E-state index in [-0.39, 0.29) is 18.2 Å². The number of aliphatic carboxylic acids is 1. The molecule has 5 heteroatoms. The second-order valence-electron chi connectivity index (χ2n) is 7.55. The molecule has 1 aliphatic carbocycles. The fraction of sp³-hybridized carbons (Fsp3) is 0.600. The van der Waals surface area contributed by atoms with E-state index in [1.54, 1.807) is 7.11 Å². The molecule has 1 aromatic rings. The highest BCUT2D eigenvalue weighted by molar-refractivity contribution is 5.88. The Labute approximate surface area is 149 Å². The highest BCUT2D eigenvalue weighted by Crippen LogP contribution is 2.36. The zero-order chi connectivity index (χ0) is 18.8. The van der Waals surface area contributed by atoms with Crippen LogP contribution in [-0.2, 0) is 16.0 Å². The number of benzene rings is 1. The summed E-state index contributed by atoms with van der Waals surface area (Å²) in [6.07, 6.45) is 1.96. The molecule has 5 nitrogen and oxygen atoms in total. The van der Waals surface area contributed by atoms with Crippen molar-refractivity contribution in [2.75, 3.05) is 7.11 Å². The molecule has 1 saturated carbocycles. The Bertz CT molecular complexity index is 647. The van der Waals surface area contributed by atoms with E-state index in [0.29, 0.717) is 18.8 Å². The summed E-state index contributed by atoms with van der Waals surface area (Å²) in [7, 11) is 1.61. The molecule has 0 aromatic heterocycles. The molecule has 2 rings (SSSR count).